The number of rotatable bonds is 5. The zero-order chi connectivity index (χ0) is 18.8. The van der Waals surface area contributed by atoms with Crippen molar-refractivity contribution in [3.8, 4) is 0 Å². The maximum absolute atomic E-state index is 13.1. The summed E-state index contributed by atoms with van der Waals surface area (Å²) >= 11 is 0. The van der Waals surface area contributed by atoms with Crippen LogP contribution in [0.1, 0.15) is 18.0 Å². The number of benzene rings is 1. The number of hydrogen-bond donors (Lipinski definition) is 1. The Bertz CT molecular complexity index is 743. The fraction of sp³-hybridized carbons (Fsp3) is 0.500. The van der Waals surface area contributed by atoms with Crippen LogP contribution in [-0.4, -0.2) is 79.6 Å². The molecule has 7 heteroatoms. The third kappa shape index (κ3) is 3.57. The highest BCUT2D eigenvalue weighted by molar-refractivity contribution is 6.01. The van der Waals surface area contributed by atoms with Crippen molar-refractivity contribution < 1.29 is 14.3 Å². The minimum absolute atomic E-state index is 0.0349. The van der Waals surface area contributed by atoms with Crippen molar-refractivity contribution in [1.82, 2.24) is 20.0 Å². The number of nitrogens with zero attached hydrogens (tertiary/aromatic N) is 3. The minimum atomic E-state index is -0.373. The second-order valence-electron chi connectivity index (χ2n) is 7.25. The van der Waals surface area contributed by atoms with E-state index in [1.807, 2.05) is 35.2 Å². The van der Waals surface area contributed by atoms with Gasteiger partial charge in [0.25, 0.3) is 5.91 Å². The van der Waals surface area contributed by atoms with E-state index in [-0.39, 0.29) is 18.0 Å². The Morgan fingerprint density at radius 3 is 2.59 bits per heavy atom. The molecule has 0 spiro atoms. The molecule has 1 N–H and O–H groups in total. The van der Waals surface area contributed by atoms with E-state index in [1.165, 1.54) is 0 Å². The molecule has 1 unspecified atom stereocenters. The second-order valence-corrected chi connectivity index (χ2v) is 7.25. The molecule has 0 aliphatic carbocycles. The normalized spacial score (nSPS) is 23.7. The predicted molar refractivity (Wildman–Crippen MR) is 101 cm³/mol. The summed E-state index contributed by atoms with van der Waals surface area (Å²) in [4.78, 5) is 31.3. The third-order valence-electron chi connectivity index (χ3n) is 5.57. The fourth-order valence-electron chi connectivity index (χ4n) is 4.01. The van der Waals surface area contributed by atoms with Gasteiger partial charge in [0, 0.05) is 33.2 Å². The van der Waals surface area contributed by atoms with E-state index in [0.717, 1.165) is 50.5 Å². The topological polar surface area (TPSA) is 65.1 Å². The van der Waals surface area contributed by atoms with Crippen LogP contribution in [0.5, 0.6) is 0 Å². The molecule has 1 aromatic carbocycles. The Labute approximate surface area is 159 Å². The second kappa shape index (κ2) is 7.70. The lowest BCUT2D eigenvalue weighted by molar-refractivity contribution is -0.125. The molecule has 3 aliphatic heterocycles. The highest BCUT2D eigenvalue weighted by Crippen LogP contribution is 2.35. The lowest BCUT2D eigenvalue weighted by Crippen LogP contribution is -2.45. The molecule has 1 atom stereocenters. The van der Waals surface area contributed by atoms with Gasteiger partial charge in [0.15, 0.2) is 0 Å². The molecule has 1 saturated heterocycles. The molecule has 3 heterocycles. The van der Waals surface area contributed by atoms with Gasteiger partial charge in [-0.25, -0.2) is 4.79 Å². The number of urea groups is 1. The van der Waals surface area contributed by atoms with Crippen LogP contribution in [-0.2, 0) is 9.53 Å². The highest BCUT2D eigenvalue weighted by Gasteiger charge is 2.42. The molecule has 0 saturated carbocycles. The molecule has 0 bridgehead atoms. The lowest BCUT2D eigenvalue weighted by Gasteiger charge is -2.31. The van der Waals surface area contributed by atoms with Crippen LogP contribution in [0.15, 0.2) is 41.6 Å². The number of carbonyl (C=O) groups excluding carboxylic acids is 2. The molecule has 4 rings (SSSR count). The van der Waals surface area contributed by atoms with Gasteiger partial charge >= 0.3 is 6.03 Å². The van der Waals surface area contributed by atoms with E-state index in [9.17, 15) is 9.59 Å². The van der Waals surface area contributed by atoms with Crippen molar-refractivity contribution in [2.24, 2.45) is 0 Å². The highest BCUT2D eigenvalue weighted by atomic mass is 16.5. The molecule has 27 heavy (non-hydrogen) atoms. The number of carbonyl (C=O) groups is 2. The Morgan fingerprint density at radius 1 is 1.11 bits per heavy atom. The van der Waals surface area contributed by atoms with Gasteiger partial charge in [0.05, 0.1) is 37.1 Å². The molecule has 0 aromatic heterocycles. The van der Waals surface area contributed by atoms with Gasteiger partial charge in [-0.1, -0.05) is 30.3 Å². The van der Waals surface area contributed by atoms with E-state index >= 15 is 0 Å². The Morgan fingerprint density at radius 2 is 1.85 bits per heavy atom. The molecule has 1 fully saturated rings. The molecule has 3 aliphatic rings. The van der Waals surface area contributed by atoms with Gasteiger partial charge in [0.2, 0.25) is 0 Å². The summed E-state index contributed by atoms with van der Waals surface area (Å²) in [6.45, 7) is 5.66. The summed E-state index contributed by atoms with van der Waals surface area (Å²) < 4.78 is 5.38. The number of morpholine rings is 1. The van der Waals surface area contributed by atoms with Crippen molar-refractivity contribution >= 4 is 11.9 Å². The number of amides is 3. The van der Waals surface area contributed by atoms with Crippen LogP contribution in [0, 0.1) is 0 Å². The zero-order valence-corrected chi connectivity index (χ0v) is 15.7. The van der Waals surface area contributed by atoms with Gasteiger partial charge in [0.1, 0.15) is 0 Å². The first kappa shape index (κ1) is 18.0. The Balaban J connectivity index is 1.46. The Kier molecular flexibility index (Phi) is 5.13. The van der Waals surface area contributed by atoms with Crippen molar-refractivity contribution in [2.75, 3.05) is 53.0 Å². The maximum Gasteiger partial charge on any atom is 0.322 e. The average molecular weight is 370 g/mol. The van der Waals surface area contributed by atoms with Gasteiger partial charge in [-0.15, -0.1) is 0 Å². The number of ether oxygens (including phenoxy) is 1. The smallest absolute Gasteiger partial charge is 0.322 e. The molecule has 3 amide bonds. The van der Waals surface area contributed by atoms with E-state index in [4.69, 9.17) is 4.74 Å². The lowest BCUT2D eigenvalue weighted by atomic mass is 9.96. The largest absolute Gasteiger partial charge is 0.379 e. The first-order valence-electron chi connectivity index (χ1n) is 9.57. The van der Waals surface area contributed by atoms with Crippen LogP contribution < -0.4 is 5.32 Å². The monoisotopic (exact) mass is 370 g/mol. The summed E-state index contributed by atoms with van der Waals surface area (Å²) in [7, 11) is 1.73. The van der Waals surface area contributed by atoms with Crippen molar-refractivity contribution in [1.29, 1.82) is 0 Å². The van der Waals surface area contributed by atoms with Gasteiger partial charge < -0.3 is 15.0 Å². The number of hydrogen-bond acceptors (Lipinski definition) is 4. The SMILES string of the molecule is CN1C(=O)NC(c2ccccc2)C2=C1CN(CCCN1CCOCC1)C2=O. The van der Waals surface area contributed by atoms with Gasteiger partial charge in [-0.3, -0.25) is 14.6 Å². The summed E-state index contributed by atoms with van der Waals surface area (Å²) in [5.41, 5.74) is 2.47. The Hall–Kier alpha value is -2.38. The van der Waals surface area contributed by atoms with E-state index in [0.29, 0.717) is 18.7 Å². The summed E-state index contributed by atoms with van der Waals surface area (Å²) in [6, 6.07) is 9.17. The van der Waals surface area contributed by atoms with E-state index in [1.54, 1.807) is 11.9 Å². The van der Waals surface area contributed by atoms with E-state index < -0.39 is 0 Å². The van der Waals surface area contributed by atoms with Crippen LogP contribution in [0.4, 0.5) is 4.79 Å². The first-order chi connectivity index (χ1) is 13.1. The summed E-state index contributed by atoms with van der Waals surface area (Å²) in [5, 5.41) is 2.97. The molecule has 144 valence electrons. The predicted octanol–water partition coefficient (Wildman–Crippen LogP) is 1.20. The summed E-state index contributed by atoms with van der Waals surface area (Å²) in [6.07, 6.45) is 0.924. The molecule has 1 aromatic rings. The van der Waals surface area contributed by atoms with Crippen molar-refractivity contribution in [2.45, 2.75) is 12.5 Å². The zero-order valence-electron chi connectivity index (χ0n) is 15.7. The van der Waals surface area contributed by atoms with Crippen molar-refractivity contribution in [3.63, 3.8) is 0 Å². The first-order valence-corrected chi connectivity index (χ1v) is 9.57. The van der Waals surface area contributed by atoms with E-state index in [2.05, 4.69) is 10.2 Å². The maximum atomic E-state index is 13.1. The van der Waals surface area contributed by atoms with Gasteiger partial charge in [-0.05, 0) is 12.0 Å². The third-order valence-corrected chi connectivity index (χ3v) is 5.57. The summed E-state index contributed by atoms with van der Waals surface area (Å²) in [5.74, 6) is 0.0349. The number of likely N-dealkylation sites (N-methyl/N-ethyl adjacent to an activating group) is 1. The molecule has 7 nitrogen and oxygen atoms in total. The molecule has 0 radical (unpaired) electrons. The quantitative estimate of drug-likeness (QED) is 0.846. The fourth-order valence-corrected chi connectivity index (χ4v) is 4.01. The standard InChI is InChI=1S/C20H26N4O3/c1-22-16-14-24(9-5-8-23-10-12-27-13-11-23)19(25)17(16)18(21-20(22)26)15-6-3-2-4-7-15/h2-4,6-7,18H,5,8-14H2,1H3,(H,21,26). The van der Waals surface area contributed by atoms with Crippen LogP contribution in [0.25, 0.3) is 0 Å². The van der Waals surface area contributed by atoms with Crippen LogP contribution >= 0.6 is 0 Å². The molecular weight excluding hydrogens is 344 g/mol. The minimum Gasteiger partial charge on any atom is -0.379 e. The van der Waals surface area contributed by atoms with Crippen LogP contribution in [0.3, 0.4) is 0 Å². The number of nitrogens with one attached hydrogen (secondary N) is 1. The average Bonchev–Trinajstić information content (AvgIpc) is 3.03. The van der Waals surface area contributed by atoms with Crippen molar-refractivity contribution in [3.05, 3.63) is 47.2 Å². The van der Waals surface area contributed by atoms with Crippen LogP contribution in [0.2, 0.25) is 0 Å². The van der Waals surface area contributed by atoms with Gasteiger partial charge in [-0.2, -0.15) is 0 Å². The molecular formula is C20H26N4O3.